The van der Waals surface area contributed by atoms with E-state index in [0.717, 1.165) is 6.26 Å². The van der Waals surface area contributed by atoms with Gasteiger partial charge in [-0.1, -0.05) is 0 Å². The van der Waals surface area contributed by atoms with E-state index in [1.165, 1.54) is 18.5 Å². The molecule has 0 saturated carbocycles. The number of pyridine rings is 1. The molecule has 2 aromatic heterocycles. The van der Waals surface area contributed by atoms with Gasteiger partial charge in [-0.05, 0) is 19.1 Å². The van der Waals surface area contributed by atoms with Crippen LogP contribution in [0.25, 0.3) is 5.52 Å². The monoisotopic (exact) mass is 282 g/mol. The number of sulfone groups is 1. The third-order valence-electron chi connectivity index (χ3n) is 2.64. The molecule has 7 heteroatoms. The molecule has 2 heterocycles. The summed E-state index contributed by atoms with van der Waals surface area (Å²) in [5.41, 5.74) is 1.10. The number of fused-ring (bicyclic) bond motifs is 1. The summed E-state index contributed by atoms with van der Waals surface area (Å²) in [6, 6.07) is 3.01. The van der Waals surface area contributed by atoms with E-state index >= 15 is 0 Å². The molecule has 19 heavy (non-hydrogen) atoms. The fourth-order valence-corrected chi connectivity index (χ4v) is 2.37. The van der Waals surface area contributed by atoms with Gasteiger partial charge in [-0.15, -0.1) is 0 Å². The van der Waals surface area contributed by atoms with Crippen LogP contribution >= 0.6 is 0 Å². The van der Waals surface area contributed by atoms with Crippen LogP contribution in [0.2, 0.25) is 0 Å². The third kappa shape index (κ3) is 2.93. The number of hydrogen-bond donors (Lipinski definition) is 0. The summed E-state index contributed by atoms with van der Waals surface area (Å²) in [5, 5.41) is 0. The van der Waals surface area contributed by atoms with Gasteiger partial charge in [0.25, 0.3) is 0 Å². The van der Waals surface area contributed by atoms with E-state index in [2.05, 4.69) is 4.98 Å². The van der Waals surface area contributed by atoms with Gasteiger partial charge in [-0.3, -0.25) is 4.79 Å². The number of hydrogen-bond acceptors (Lipinski definition) is 5. The van der Waals surface area contributed by atoms with Gasteiger partial charge in [0.15, 0.2) is 9.84 Å². The van der Waals surface area contributed by atoms with Gasteiger partial charge in [-0.25, -0.2) is 13.4 Å². The molecule has 0 fully saturated rings. The highest BCUT2D eigenvalue weighted by Crippen LogP contribution is 2.16. The molecule has 6 nitrogen and oxygen atoms in total. The quantitative estimate of drug-likeness (QED) is 0.777. The Bertz CT molecular complexity index is 718. The minimum Gasteiger partial charge on any atom is -0.466 e. The Morgan fingerprint density at radius 1 is 1.47 bits per heavy atom. The summed E-state index contributed by atoms with van der Waals surface area (Å²) in [6.45, 7) is 2.03. The van der Waals surface area contributed by atoms with E-state index in [1.807, 2.05) is 0 Å². The number of imidazole rings is 1. The van der Waals surface area contributed by atoms with Crippen molar-refractivity contribution in [2.45, 2.75) is 18.2 Å². The van der Waals surface area contributed by atoms with Crippen LogP contribution in [0.5, 0.6) is 0 Å². The average molecular weight is 282 g/mol. The Balaban J connectivity index is 2.43. The van der Waals surface area contributed by atoms with E-state index in [4.69, 9.17) is 4.74 Å². The van der Waals surface area contributed by atoms with Gasteiger partial charge >= 0.3 is 5.97 Å². The largest absolute Gasteiger partial charge is 0.466 e. The van der Waals surface area contributed by atoms with Crippen molar-refractivity contribution >= 4 is 21.3 Å². The number of nitrogens with zero attached hydrogens (tertiary/aromatic N) is 2. The van der Waals surface area contributed by atoms with Crippen molar-refractivity contribution in [1.82, 2.24) is 9.38 Å². The fraction of sp³-hybridized carbons (Fsp3) is 0.333. The second kappa shape index (κ2) is 5.00. The van der Waals surface area contributed by atoms with Crippen LogP contribution < -0.4 is 0 Å². The molecule has 0 spiro atoms. The van der Waals surface area contributed by atoms with Crippen molar-refractivity contribution in [2.75, 3.05) is 12.9 Å². The van der Waals surface area contributed by atoms with Crippen molar-refractivity contribution in [3.05, 3.63) is 30.4 Å². The fourth-order valence-electron chi connectivity index (χ4n) is 1.74. The van der Waals surface area contributed by atoms with Crippen LogP contribution in [0.1, 0.15) is 12.6 Å². The molecule has 0 amide bonds. The molecule has 0 aliphatic carbocycles. The maximum atomic E-state index is 11.5. The zero-order chi connectivity index (χ0) is 14.0. The minimum atomic E-state index is -3.28. The Labute approximate surface area is 110 Å². The highest BCUT2D eigenvalue weighted by Gasteiger charge is 2.13. The maximum Gasteiger partial charge on any atom is 0.311 e. The summed E-state index contributed by atoms with van der Waals surface area (Å²) in [4.78, 5) is 15.8. The Morgan fingerprint density at radius 2 is 2.21 bits per heavy atom. The van der Waals surface area contributed by atoms with Gasteiger partial charge in [0.05, 0.1) is 35.5 Å². The van der Waals surface area contributed by atoms with E-state index in [0.29, 0.717) is 17.8 Å². The van der Waals surface area contributed by atoms with Crippen molar-refractivity contribution in [3.63, 3.8) is 0 Å². The van der Waals surface area contributed by atoms with Crippen LogP contribution in [-0.4, -0.2) is 36.6 Å². The molecule has 2 rings (SSSR count). The molecule has 102 valence electrons. The predicted molar refractivity (Wildman–Crippen MR) is 68.6 cm³/mol. The first-order valence-electron chi connectivity index (χ1n) is 5.73. The minimum absolute atomic E-state index is 0.0254. The van der Waals surface area contributed by atoms with E-state index in [1.54, 1.807) is 17.5 Å². The van der Waals surface area contributed by atoms with Gasteiger partial charge in [-0.2, -0.15) is 0 Å². The van der Waals surface area contributed by atoms with Crippen LogP contribution in [-0.2, 0) is 25.8 Å². The van der Waals surface area contributed by atoms with E-state index in [9.17, 15) is 13.2 Å². The van der Waals surface area contributed by atoms with Gasteiger partial charge in [0.1, 0.15) is 0 Å². The molecular weight excluding hydrogens is 268 g/mol. The molecule has 0 bridgehead atoms. The summed E-state index contributed by atoms with van der Waals surface area (Å²) in [5.74, 6) is -0.382. The highest BCUT2D eigenvalue weighted by atomic mass is 32.2. The number of ether oxygens (including phenoxy) is 1. The second-order valence-corrected chi connectivity index (χ2v) is 6.12. The van der Waals surface area contributed by atoms with Gasteiger partial charge in [0.2, 0.25) is 0 Å². The van der Waals surface area contributed by atoms with Crippen LogP contribution in [0.3, 0.4) is 0 Å². The Hall–Kier alpha value is -1.89. The number of carbonyl (C=O) groups is 1. The first-order valence-corrected chi connectivity index (χ1v) is 7.62. The Morgan fingerprint density at radius 3 is 2.84 bits per heavy atom. The first kappa shape index (κ1) is 13.5. The van der Waals surface area contributed by atoms with Crippen molar-refractivity contribution in [3.8, 4) is 0 Å². The first-order chi connectivity index (χ1) is 8.91. The van der Waals surface area contributed by atoms with Crippen LogP contribution in [0, 0.1) is 0 Å². The van der Waals surface area contributed by atoms with Crippen LogP contribution in [0.4, 0.5) is 0 Å². The summed E-state index contributed by atoms with van der Waals surface area (Å²) in [7, 11) is -3.28. The molecule has 0 saturated heterocycles. The highest BCUT2D eigenvalue weighted by molar-refractivity contribution is 7.90. The predicted octanol–water partition coefficient (Wildman–Crippen LogP) is 0.843. The lowest BCUT2D eigenvalue weighted by Crippen LogP contribution is -2.08. The number of esters is 1. The molecule has 0 radical (unpaired) electrons. The standard InChI is InChI=1S/C12H14N2O4S/c1-3-18-12(15)7-10-11-6-9(19(2,16)17)4-5-14(11)8-13-10/h4-6,8H,3,7H2,1-2H3. The SMILES string of the molecule is CCOC(=O)Cc1ncn2ccc(S(C)(=O)=O)cc12. The molecule has 0 aliphatic heterocycles. The smallest absolute Gasteiger partial charge is 0.311 e. The lowest BCUT2D eigenvalue weighted by molar-refractivity contribution is -0.142. The molecule has 0 atom stereocenters. The van der Waals surface area contributed by atoms with Crippen molar-refractivity contribution in [1.29, 1.82) is 0 Å². The second-order valence-electron chi connectivity index (χ2n) is 4.10. The molecular formula is C12H14N2O4S. The topological polar surface area (TPSA) is 77.7 Å². The summed E-state index contributed by atoms with van der Waals surface area (Å²) < 4.78 is 29.6. The number of carbonyl (C=O) groups excluding carboxylic acids is 1. The average Bonchev–Trinajstić information content (AvgIpc) is 2.71. The molecule has 0 aromatic carbocycles. The summed E-state index contributed by atoms with van der Waals surface area (Å²) in [6.07, 6.45) is 4.31. The number of aromatic nitrogens is 2. The normalized spacial score (nSPS) is 11.7. The third-order valence-corrected chi connectivity index (χ3v) is 3.75. The maximum absolute atomic E-state index is 11.5. The zero-order valence-electron chi connectivity index (χ0n) is 10.7. The zero-order valence-corrected chi connectivity index (χ0v) is 11.5. The lowest BCUT2D eigenvalue weighted by atomic mass is 10.2. The van der Waals surface area contributed by atoms with Crippen molar-refractivity contribution < 1.29 is 17.9 Å². The van der Waals surface area contributed by atoms with Crippen LogP contribution in [0.15, 0.2) is 29.6 Å². The van der Waals surface area contributed by atoms with E-state index < -0.39 is 9.84 Å². The molecule has 0 aliphatic rings. The van der Waals surface area contributed by atoms with E-state index in [-0.39, 0.29) is 17.3 Å². The molecule has 0 unspecified atom stereocenters. The summed E-state index contributed by atoms with van der Waals surface area (Å²) >= 11 is 0. The molecule has 2 aromatic rings. The molecule has 0 N–H and O–H groups in total. The lowest BCUT2D eigenvalue weighted by Gasteiger charge is -2.02. The van der Waals surface area contributed by atoms with Gasteiger partial charge in [0, 0.05) is 12.5 Å². The number of rotatable bonds is 4. The Kier molecular flexibility index (Phi) is 3.57. The van der Waals surface area contributed by atoms with Gasteiger partial charge < -0.3 is 9.14 Å². The van der Waals surface area contributed by atoms with Crippen molar-refractivity contribution in [2.24, 2.45) is 0 Å².